The predicted molar refractivity (Wildman–Crippen MR) is 73.5 cm³/mol. The van der Waals surface area contributed by atoms with Crippen molar-refractivity contribution in [3.05, 3.63) is 0 Å². The van der Waals surface area contributed by atoms with Gasteiger partial charge in [-0.05, 0) is 12.8 Å². The number of hydrogen-bond acceptors (Lipinski definition) is 3. The molecule has 110 valence electrons. The molecule has 0 bridgehead atoms. The number of hydrogen-bond donors (Lipinski definition) is 3. The summed E-state index contributed by atoms with van der Waals surface area (Å²) < 4.78 is 10.9. The Kier molecular flexibility index (Phi) is 6.27. The van der Waals surface area contributed by atoms with Crippen molar-refractivity contribution < 1.29 is 18.9 Å². The molecule has 1 saturated carbocycles. The van der Waals surface area contributed by atoms with E-state index in [0.717, 1.165) is 19.3 Å². The second-order valence-electron chi connectivity index (χ2n) is 5.07. The lowest BCUT2D eigenvalue weighted by Gasteiger charge is -2.36. The standard InChI is InChI=1S/C12H22N2O4S/c1-19(18)8-7-13-11(17)14-12(9-10(15)16)5-3-2-4-6-12/h2-9H2,1H3,(H,15,16)(H2,13,14,17). The Morgan fingerprint density at radius 3 is 2.42 bits per heavy atom. The highest BCUT2D eigenvalue weighted by Gasteiger charge is 2.35. The predicted octanol–water partition coefficient (Wildman–Crippen LogP) is 0.842. The van der Waals surface area contributed by atoms with Gasteiger partial charge >= 0.3 is 12.0 Å². The first-order valence-electron chi connectivity index (χ1n) is 6.51. The normalized spacial score (nSPS) is 19.4. The summed E-state index contributed by atoms with van der Waals surface area (Å²) in [6.07, 6.45) is 5.89. The van der Waals surface area contributed by atoms with E-state index in [1.165, 1.54) is 0 Å². The van der Waals surface area contributed by atoms with Gasteiger partial charge in [0.15, 0.2) is 0 Å². The Morgan fingerprint density at radius 2 is 1.89 bits per heavy atom. The maximum atomic E-state index is 11.8. The maximum Gasteiger partial charge on any atom is 0.315 e. The van der Waals surface area contributed by atoms with Crippen LogP contribution >= 0.6 is 0 Å². The van der Waals surface area contributed by atoms with Crippen molar-refractivity contribution in [2.45, 2.75) is 44.1 Å². The van der Waals surface area contributed by atoms with Gasteiger partial charge in [0.25, 0.3) is 0 Å². The highest BCUT2D eigenvalue weighted by atomic mass is 32.2. The van der Waals surface area contributed by atoms with Crippen LogP contribution in [0.25, 0.3) is 0 Å². The number of amides is 2. The van der Waals surface area contributed by atoms with Gasteiger partial charge in [-0.2, -0.15) is 0 Å². The lowest BCUT2D eigenvalue weighted by Crippen LogP contribution is -2.54. The van der Waals surface area contributed by atoms with Crippen LogP contribution in [0.15, 0.2) is 0 Å². The van der Waals surface area contributed by atoms with Gasteiger partial charge in [-0.25, -0.2) is 4.79 Å². The van der Waals surface area contributed by atoms with Gasteiger partial charge in [0.2, 0.25) is 0 Å². The molecule has 1 aliphatic carbocycles. The van der Waals surface area contributed by atoms with E-state index in [2.05, 4.69) is 10.6 Å². The van der Waals surface area contributed by atoms with Crippen molar-refractivity contribution in [3.63, 3.8) is 0 Å². The summed E-state index contributed by atoms with van der Waals surface area (Å²) in [5, 5.41) is 14.4. The van der Waals surface area contributed by atoms with Crippen LogP contribution in [0, 0.1) is 0 Å². The van der Waals surface area contributed by atoms with E-state index in [-0.39, 0.29) is 12.5 Å². The van der Waals surface area contributed by atoms with Crippen LogP contribution in [-0.2, 0) is 15.6 Å². The average molecular weight is 290 g/mol. The summed E-state index contributed by atoms with van der Waals surface area (Å²) >= 11 is 0. The van der Waals surface area contributed by atoms with Crippen LogP contribution < -0.4 is 10.6 Å². The minimum absolute atomic E-state index is 0.0415. The highest BCUT2D eigenvalue weighted by molar-refractivity contribution is 7.84. The van der Waals surface area contributed by atoms with Crippen LogP contribution in [0.5, 0.6) is 0 Å². The smallest absolute Gasteiger partial charge is 0.315 e. The van der Waals surface area contributed by atoms with Crippen molar-refractivity contribution in [2.24, 2.45) is 0 Å². The molecule has 0 saturated heterocycles. The van der Waals surface area contributed by atoms with E-state index < -0.39 is 22.3 Å². The molecule has 7 heteroatoms. The molecule has 6 nitrogen and oxygen atoms in total. The summed E-state index contributed by atoms with van der Waals surface area (Å²) in [5.41, 5.74) is -0.625. The molecule has 1 rings (SSSR count). The lowest BCUT2D eigenvalue weighted by atomic mass is 9.79. The molecule has 1 aliphatic rings. The second kappa shape index (κ2) is 7.47. The molecule has 3 N–H and O–H groups in total. The van der Waals surface area contributed by atoms with E-state index >= 15 is 0 Å². The quantitative estimate of drug-likeness (QED) is 0.675. The topological polar surface area (TPSA) is 95.5 Å². The molecule has 0 aromatic heterocycles. The van der Waals surface area contributed by atoms with Crippen LogP contribution in [0.2, 0.25) is 0 Å². The first kappa shape index (κ1) is 15.9. The van der Waals surface area contributed by atoms with Crippen LogP contribution in [0.4, 0.5) is 4.79 Å². The van der Waals surface area contributed by atoms with Gasteiger partial charge in [-0.1, -0.05) is 19.3 Å². The summed E-state index contributed by atoms with van der Waals surface area (Å²) in [6.45, 7) is 0.331. The first-order valence-corrected chi connectivity index (χ1v) is 8.24. The molecule has 0 aliphatic heterocycles. The van der Waals surface area contributed by atoms with Gasteiger partial charge < -0.3 is 15.7 Å². The van der Waals surface area contributed by atoms with Crippen molar-refractivity contribution >= 4 is 22.8 Å². The van der Waals surface area contributed by atoms with E-state index in [1.807, 2.05) is 0 Å². The van der Waals surface area contributed by atoms with Crippen molar-refractivity contribution in [1.29, 1.82) is 0 Å². The van der Waals surface area contributed by atoms with Gasteiger partial charge in [-0.15, -0.1) is 0 Å². The number of urea groups is 1. The molecule has 19 heavy (non-hydrogen) atoms. The SMILES string of the molecule is CS(=O)CCNC(=O)NC1(CC(=O)O)CCCCC1. The number of aliphatic carboxylic acids is 1. The third kappa shape index (κ3) is 6.04. The monoisotopic (exact) mass is 290 g/mol. The molecule has 0 aromatic carbocycles. The molecule has 1 unspecified atom stereocenters. The van der Waals surface area contributed by atoms with Crippen molar-refractivity contribution in [2.75, 3.05) is 18.6 Å². The Hall–Kier alpha value is -1.11. The average Bonchev–Trinajstić information content (AvgIpc) is 2.27. The molecule has 2 amide bonds. The maximum absolute atomic E-state index is 11.8. The largest absolute Gasteiger partial charge is 0.481 e. The first-order chi connectivity index (χ1) is 8.93. The van der Waals surface area contributed by atoms with E-state index in [4.69, 9.17) is 5.11 Å². The van der Waals surface area contributed by atoms with Gasteiger partial charge in [0.05, 0.1) is 12.0 Å². The number of carbonyl (C=O) groups is 2. The van der Waals surface area contributed by atoms with Crippen molar-refractivity contribution in [1.82, 2.24) is 10.6 Å². The fraction of sp³-hybridized carbons (Fsp3) is 0.833. The van der Waals surface area contributed by atoms with Gasteiger partial charge in [0.1, 0.15) is 0 Å². The van der Waals surface area contributed by atoms with Crippen molar-refractivity contribution in [3.8, 4) is 0 Å². The molecule has 1 fully saturated rings. The molecule has 0 spiro atoms. The molecular formula is C12H22N2O4S. The molecule has 0 aromatic rings. The fourth-order valence-electron chi connectivity index (χ4n) is 2.46. The van der Waals surface area contributed by atoms with Gasteiger partial charge in [-0.3, -0.25) is 9.00 Å². The Balaban J connectivity index is 2.49. The third-order valence-corrected chi connectivity index (χ3v) is 4.13. The number of nitrogens with one attached hydrogen (secondary N) is 2. The Morgan fingerprint density at radius 1 is 1.26 bits per heavy atom. The fourth-order valence-corrected chi connectivity index (χ4v) is 2.85. The molecular weight excluding hydrogens is 268 g/mol. The zero-order valence-corrected chi connectivity index (χ0v) is 12.1. The summed E-state index contributed by atoms with van der Waals surface area (Å²) in [7, 11) is -0.945. The van der Waals surface area contributed by atoms with Crippen LogP contribution in [0.1, 0.15) is 38.5 Å². The van der Waals surface area contributed by atoms with Crippen LogP contribution in [-0.4, -0.2) is 45.4 Å². The van der Waals surface area contributed by atoms with Crippen LogP contribution in [0.3, 0.4) is 0 Å². The Labute approximate surface area is 115 Å². The number of carboxylic acid groups (broad SMARTS) is 1. The van der Waals surface area contributed by atoms with Gasteiger partial charge in [0, 0.05) is 29.4 Å². The summed E-state index contributed by atoms with van der Waals surface area (Å²) in [6, 6.07) is -0.367. The minimum atomic E-state index is -0.945. The third-order valence-electron chi connectivity index (χ3n) is 3.35. The minimum Gasteiger partial charge on any atom is -0.481 e. The van der Waals surface area contributed by atoms with E-state index in [1.54, 1.807) is 6.26 Å². The van der Waals surface area contributed by atoms with E-state index in [0.29, 0.717) is 25.1 Å². The zero-order valence-electron chi connectivity index (χ0n) is 11.2. The number of rotatable bonds is 6. The molecule has 0 radical (unpaired) electrons. The lowest BCUT2D eigenvalue weighted by molar-refractivity contribution is -0.139. The Bertz CT molecular complexity index is 354. The summed E-state index contributed by atoms with van der Waals surface area (Å²) in [4.78, 5) is 22.7. The number of carbonyl (C=O) groups excluding carboxylic acids is 1. The number of carboxylic acids is 1. The summed E-state index contributed by atoms with van der Waals surface area (Å²) in [5.74, 6) is -0.490. The second-order valence-corrected chi connectivity index (χ2v) is 6.62. The van der Waals surface area contributed by atoms with E-state index in [9.17, 15) is 13.8 Å². The molecule has 1 atom stereocenters. The highest BCUT2D eigenvalue weighted by Crippen LogP contribution is 2.31. The molecule has 0 heterocycles. The zero-order chi connectivity index (χ0) is 14.3.